The van der Waals surface area contributed by atoms with E-state index in [1.54, 1.807) is 5.43 Å². The molecular formula is C5H8ClN5O3. The van der Waals surface area contributed by atoms with E-state index in [0.29, 0.717) is 0 Å². The molecule has 1 unspecified atom stereocenters. The maximum absolute atomic E-state index is 9.99. The Hall–Kier alpha value is -1.41. The van der Waals surface area contributed by atoms with Crippen molar-refractivity contribution in [3.05, 3.63) is 16.4 Å². The lowest BCUT2D eigenvalue weighted by Crippen LogP contribution is -2.18. The fraction of sp³-hybridized carbons (Fsp3) is 0.600. The van der Waals surface area contributed by atoms with E-state index in [4.69, 9.17) is 16.7 Å². The van der Waals surface area contributed by atoms with E-state index in [9.17, 15) is 10.1 Å². The average Bonchev–Trinajstić information content (AvgIpc) is 2.51. The lowest BCUT2D eigenvalue weighted by Gasteiger charge is -2.04. The summed E-state index contributed by atoms with van der Waals surface area (Å²) in [7, 11) is 0. The van der Waals surface area contributed by atoms with Crippen molar-refractivity contribution in [2.75, 3.05) is 11.3 Å². The van der Waals surface area contributed by atoms with Crippen LogP contribution in [0.15, 0.2) is 6.33 Å². The Morgan fingerprint density at radius 3 is 3.14 bits per heavy atom. The van der Waals surface area contributed by atoms with Crippen molar-refractivity contribution in [1.82, 2.24) is 14.8 Å². The van der Waals surface area contributed by atoms with Crippen molar-refractivity contribution in [1.29, 1.82) is 0 Å². The third kappa shape index (κ3) is 3.15. The van der Waals surface area contributed by atoms with Gasteiger partial charge in [0.05, 0.1) is 18.5 Å². The van der Waals surface area contributed by atoms with Crippen LogP contribution < -0.4 is 5.43 Å². The molecule has 0 bridgehead atoms. The number of hydrogen-bond donors (Lipinski definition) is 2. The second kappa shape index (κ2) is 4.72. The molecular weight excluding hydrogens is 214 g/mol. The molecule has 0 aliphatic carbocycles. The number of hydrogen-bond acceptors (Lipinski definition) is 5. The Labute approximate surface area is 83.6 Å². The second-order valence-corrected chi connectivity index (χ2v) is 2.78. The van der Waals surface area contributed by atoms with Gasteiger partial charge in [-0.05, 0) is 0 Å². The second-order valence-electron chi connectivity index (χ2n) is 2.47. The normalized spacial score (nSPS) is 12.4. The van der Waals surface area contributed by atoms with Gasteiger partial charge in [-0.15, -0.1) is 16.7 Å². The molecule has 78 valence electrons. The van der Waals surface area contributed by atoms with Crippen LogP contribution in [0.4, 0.5) is 5.95 Å². The van der Waals surface area contributed by atoms with E-state index < -0.39 is 11.1 Å². The highest BCUT2D eigenvalue weighted by atomic mass is 35.5. The molecule has 0 spiro atoms. The largest absolute Gasteiger partial charge is 0.390 e. The number of nitrogens with zero attached hydrogens (tertiary/aromatic N) is 4. The summed E-state index contributed by atoms with van der Waals surface area (Å²) in [6.45, 7) is 0.149. The summed E-state index contributed by atoms with van der Waals surface area (Å²) in [5, 5.41) is 22.0. The minimum atomic E-state index is -0.766. The predicted octanol–water partition coefficient (Wildman–Crippen LogP) is -0.519. The molecule has 1 aromatic rings. The zero-order valence-corrected chi connectivity index (χ0v) is 7.76. The fourth-order valence-electron chi connectivity index (χ4n) is 0.780. The highest BCUT2D eigenvalue weighted by molar-refractivity contribution is 6.18. The van der Waals surface area contributed by atoms with Crippen molar-refractivity contribution < 1.29 is 10.1 Å². The van der Waals surface area contributed by atoms with Crippen LogP contribution in [0.3, 0.4) is 0 Å². The fourth-order valence-corrected chi connectivity index (χ4v) is 0.878. The molecule has 0 aliphatic rings. The number of aromatic nitrogens is 3. The average molecular weight is 222 g/mol. The maximum atomic E-state index is 9.99. The number of anilines is 1. The summed E-state index contributed by atoms with van der Waals surface area (Å²) < 4.78 is 1.26. The Kier molecular flexibility index (Phi) is 3.60. The lowest BCUT2D eigenvalue weighted by atomic mass is 10.4. The third-order valence-electron chi connectivity index (χ3n) is 1.30. The first-order chi connectivity index (χ1) is 6.61. The first-order valence-electron chi connectivity index (χ1n) is 3.66. The summed E-state index contributed by atoms with van der Waals surface area (Å²) in [5.74, 6) is -0.0607. The van der Waals surface area contributed by atoms with Gasteiger partial charge in [0.25, 0.3) is 0 Å². The van der Waals surface area contributed by atoms with Crippen molar-refractivity contribution in [3.8, 4) is 0 Å². The van der Waals surface area contributed by atoms with Gasteiger partial charge in [0.2, 0.25) is 0 Å². The Balaban J connectivity index is 2.54. The Bertz CT molecular complexity index is 316. The van der Waals surface area contributed by atoms with E-state index >= 15 is 0 Å². The summed E-state index contributed by atoms with van der Waals surface area (Å²) in [4.78, 5) is 13.6. The van der Waals surface area contributed by atoms with Gasteiger partial charge >= 0.3 is 5.95 Å². The number of alkyl halides is 1. The van der Waals surface area contributed by atoms with Crippen molar-refractivity contribution in [2.24, 2.45) is 0 Å². The smallest absolute Gasteiger partial charge is 0.303 e. The molecule has 1 rings (SSSR count). The molecule has 0 radical (unpaired) electrons. The van der Waals surface area contributed by atoms with E-state index in [1.807, 2.05) is 0 Å². The molecule has 1 heterocycles. The summed E-state index contributed by atoms with van der Waals surface area (Å²) in [5.41, 5.74) is 1.78. The van der Waals surface area contributed by atoms with E-state index in [0.717, 1.165) is 0 Å². The molecule has 1 atom stereocenters. The monoisotopic (exact) mass is 221 g/mol. The molecule has 0 saturated carbocycles. The SMILES string of the molecule is O=[N+]([O-])Nc1ncn(CC(O)CCl)n1. The highest BCUT2D eigenvalue weighted by Crippen LogP contribution is 1.98. The number of nitrogens with one attached hydrogen (secondary N) is 1. The Morgan fingerprint density at radius 1 is 1.86 bits per heavy atom. The molecule has 9 heteroatoms. The van der Waals surface area contributed by atoms with Crippen molar-refractivity contribution in [3.63, 3.8) is 0 Å². The van der Waals surface area contributed by atoms with Crippen LogP contribution in [0.5, 0.6) is 0 Å². The van der Waals surface area contributed by atoms with Gasteiger partial charge in [-0.2, -0.15) is 4.98 Å². The third-order valence-corrected chi connectivity index (χ3v) is 1.66. The van der Waals surface area contributed by atoms with Gasteiger partial charge in [0.1, 0.15) is 6.33 Å². The summed E-state index contributed by atoms with van der Waals surface area (Å²) >= 11 is 5.36. The number of aliphatic hydroxyl groups is 1. The molecule has 0 aliphatic heterocycles. The quantitative estimate of drug-likeness (QED) is 0.394. The number of halogens is 1. The summed E-state index contributed by atoms with van der Waals surface area (Å²) in [6, 6.07) is 0. The highest BCUT2D eigenvalue weighted by Gasteiger charge is 2.08. The van der Waals surface area contributed by atoms with E-state index in [2.05, 4.69) is 10.1 Å². The van der Waals surface area contributed by atoms with Crippen LogP contribution in [-0.4, -0.2) is 36.9 Å². The van der Waals surface area contributed by atoms with Crippen LogP contribution in [0.1, 0.15) is 0 Å². The van der Waals surface area contributed by atoms with E-state index in [-0.39, 0.29) is 18.4 Å². The standard InChI is InChI=1S/C5H8ClN5O3/c6-1-4(12)2-10-3-7-5(8-10)9-11(13)14/h3-4,12H,1-2H2,(H,8,9). The van der Waals surface area contributed by atoms with Crippen LogP contribution in [-0.2, 0) is 6.54 Å². The van der Waals surface area contributed by atoms with Gasteiger partial charge in [-0.1, -0.05) is 5.43 Å². The number of aliphatic hydroxyl groups excluding tert-OH is 1. The molecule has 14 heavy (non-hydrogen) atoms. The van der Waals surface area contributed by atoms with Crippen LogP contribution in [0.2, 0.25) is 0 Å². The van der Waals surface area contributed by atoms with Gasteiger partial charge in [-0.25, -0.2) is 14.8 Å². The number of hydrazine groups is 1. The predicted molar refractivity (Wildman–Crippen MR) is 47.4 cm³/mol. The molecule has 1 aromatic heterocycles. The maximum Gasteiger partial charge on any atom is 0.303 e. The van der Waals surface area contributed by atoms with Gasteiger partial charge in [0.15, 0.2) is 5.03 Å². The van der Waals surface area contributed by atoms with Gasteiger partial charge < -0.3 is 5.11 Å². The van der Waals surface area contributed by atoms with Crippen molar-refractivity contribution >= 4 is 17.5 Å². The first kappa shape index (κ1) is 10.7. The topological polar surface area (TPSA) is 106 Å². The molecule has 0 amide bonds. The number of nitro groups is 1. The van der Waals surface area contributed by atoms with Crippen LogP contribution in [0.25, 0.3) is 0 Å². The van der Waals surface area contributed by atoms with Crippen LogP contribution >= 0.6 is 11.6 Å². The lowest BCUT2D eigenvalue weighted by molar-refractivity contribution is -0.446. The molecule has 2 N–H and O–H groups in total. The van der Waals surface area contributed by atoms with E-state index in [1.165, 1.54) is 11.0 Å². The Morgan fingerprint density at radius 2 is 2.57 bits per heavy atom. The summed E-state index contributed by atoms with van der Waals surface area (Å²) in [6.07, 6.45) is 0.517. The van der Waals surface area contributed by atoms with Gasteiger partial charge in [0, 0.05) is 0 Å². The zero-order valence-electron chi connectivity index (χ0n) is 7.00. The molecule has 8 nitrogen and oxygen atoms in total. The van der Waals surface area contributed by atoms with Gasteiger partial charge in [-0.3, -0.25) is 0 Å². The molecule has 0 saturated heterocycles. The van der Waals surface area contributed by atoms with Crippen molar-refractivity contribution in [2.45, 2.75) is 12.6 Å². The molecule has 0 aromatic carbocycles. The molecule has 0 fully saturated rings. The zero-order chi connectivity index (χ0) is 10.6. The minimum Gasteiger partial charge on any atom is -0.390 e. The minimum absolute atomic E-state index is 0.0673. The number of rotatable bonds is 5. The first-order valence-corrected chi connectivity index (χ1v) is 4.20. The van der Waals surface area contributed by atoms with Crippen LogP contribution in [0, 0.1) is 10.1 Å².